The number of benzene rings is 1. The van der Waals surface area contributed by atoms with Crippen LogP contribution in [0.4, 0.5) is 11.4 Å². The zero-order chi connectivity index (χ0) is 27.6. The van der Waals surface area contributed by atoms with Gasteiger partial charge in [0.15, 0.2) is 0 Å². The van der Waals surface area contributed by atoms with Crippen LogP contribution in [-0.4, -0.2) is 65.6 Å². The van der Waals surface area contributed by atoms with Gasteiger partial charge in [-0.2, -0.15) is 4.31 Å². The maximum Gasteiger partial charge on any atom is 0.236 e. The molecule has 1 aliphatic heterocycles. The third kappa shape index (κ3) is 5.20. The number of carbonyl (C=O) groups excluding carboxylic acids is 2. The van der Waals surface area contributed by atoms with Gasteiger partial charge in [0.25, 0.3) is 0 Å². The van der Waals surface area contributed by atoms with E-state index >= 15 is 0 Å². The molecule has 3 atom stereocenters. The normalized spacial score (nSPS) is 35.1. The lowest BCUT2D eigenvalue weighted by Crippen LogP contribution is -2.63. The summed E-state index contributed by atoms with van der Waals surface area (Å²) >= 11 is 6.44. The molecule has 5 aliphatic rings. The smallest absolute Gasteiger partial charge is 0.236 e. The third-order valence-corrected chi connectivity index (χ3v) is 11.4. The lowest BCUT2D eigenvalue weighted by atomic mass is 9.47. The second kappa shape index (κ2) is 9.70. The van der Waals surface area contributed by atoms with Crippen molar-refractivity contribution < 1.29 is 27.1 Å². The molecular formula is C24H36ClN5O6S2. The van der Waals surface area contributed by atoms with E-state index in [0.29, 0.717) is 37.5 Å². The van der Waals surface area contributed by atoms with Gasteiger partial charge in [-0.3, -0.25) is 27.7 Å². The Morgan fingerprint density at radius 2 is 1.84 bits per heavy atom. The fraction of sp³-hybridized carbons (Fsp3) is 0.667. The minimum atomic E-state index is -3.58. The molecule has 2 amide bonds. The van der Waals surface area contributed by atoms with Gasteiger partial charge < -0.3 is 11.1 Å². The van der Waals surface area contributed by atoms with E-state index in [2.05, 4.69) is 10.0 Å². The Morgan fingerprint density at radius 3 is 2.42 bits per heavy atom. The van der Waals surface area contributed by atoms with E-state index in [1.165, 1.54) is 26.8 Å². The standard InChI is InChI=1S/C24H36ClN5O6S2/c1-14-11-29(38(35,36)30(12-14)20-4-3-18(7-19(20)25)28-37(2,33)34)13-21(31)27-22-16-5-15-6-17(22)10-24(8-15,9-16)23(26)32/h3-4,7,14-17,22,28,35-36H,5-6,8-13H2,1-2H3,(H2,26,32)(H,27,31). The molecule has 38 heavy (non-hydrogen) atoms. The quantitative estimate of drug-likeness (QED) is 0.324. The molecule has 0 radical (unpaired) electrons. The molecule has 0 spiro atoms. The van der Waals surface area contributed by atoms with Crippen molar-refractivity contribution in [3.05, 3.63) is 23.2 Å². The molecule has 1 aromatic carbocycles. The van der Waals surface area contributed by atoms with E-state index in [1.54, 1.807) is 0 Å². The summed E-state index contributed by atoms with van der Waals surface area (Å²) in [4.78, 5) is 25.5. The fourth-order valence-electron chi connectivity index (χ4n) is 7.35. The third-order valence-electron chi connectivity index (χ3n) is 8.60. The van der Waals surface area contributed by atoms with Crippen molar-refractivity contribution >= 4 is 55.8 Å². The first kappa shape index (κ1) is 27.8. The number of nitrogens with two attached hydrogens (primary N) is 1. The van der Waals surface area contributed by atoms with Crippen LogP contribution in [0, 0.1) is 29.1 Å². The zero-order valence-corrected chi connectivity index (χ0v) is 23.9. The van der Waals surface area contributed by atoms with Crippen LogP contribution in [0.3, 0.4) is 0 Å². The summed E-state index contributed by atoms with van der Waals surface area (Å²) in [5.41, 5.74) is 5.93. The molecule has 14 heteroatoms. The van der Waals surface area contributed by atoms with Gasteiger partial charge in [0.2, 0.25) is 21.8 Å². The highest BCUT2D eigenvalue weighted by Crippen LogP contribution is 2.60. The predicted octanol–water partition coefficient (Wildman–Crippen LogP) is 2.85. The van der Waals surface area contributed by atoms with Crippen LogP contribution in [0.15, 0.2) is 18.2 Å². The number of hydrogen-bond donors (Lipinski definition) is 5. The van der Waals surface area contributed by atoms with Crippen molar-refractivity contribution in [2.24, 2.45) is 34.8 Å². The number of hydrogen-bond acceptors (Lipinski definition) is 8. The molecule has 6 rings (SSSR count). The van der Waals surface area contributed by atoms with Crippen LogP contribution in [0.2, 0.25) is 5.02 Å². The van der Waals surface area contributed by atoms with Crippen molar-refractivity contribution in [2.45, 2.75) is 45.1 Å². The van der Waals surface area contributed by atoms with Crippen LogP contribution in [0.1, 0.15) is 39.0 Å². The van der Waals surface area contributed by atoms with E-state index in [0.717, 1.165) is 25.5 Å². The molecule has 0 aromatic heterocycles. The van der Waals surface area contributed by atoms with E-state index in [1.807, 2.05) is 6.92 Å². The Bertz CT molecular complexity index is 1230. The van der Waals surface area contributed by atoms with Crippen LogP contribution in [-0.2, 0) is 19.6 Å². The highest BCUT2D eigenvalue weighted by molar-refractivity contribution is 8.23. The average Bonchev–Trinajstić information content (AvgIpc) is 2.77. The predicted molar refractivity (Wildman–Crippen MR) is 148 cm³/mol. The Labute approximate surface area is 230 Å². The van der Waals surface area contributed by atoms with E-state index in [4.69, 9.17) is 17.3 Å². The Balaban J connectivity index is 1.29. The minimum absolute atomic E-state index is 0.00999. The lowest BCUT2D eigenvalue weighted by molar-refractivity contribution is -0.147. The maximum atomic E-state index is 13.2. The largest absolute Gasteiger partial charge is 0.369 e. The van der Waals surface area contributed by atoms with Gasteiger partial charge in [0.1, 0.15) is 0 Å². The second-order valence-corrected chi connectivity index (χ2v) is 15.8. The molecule has 4 bridgehead atoms. The highest BCUT2D eigenvalue weighted by Gasteiger charge is 2.58. The average molecular weight is 590 g/mol. The lowest BCUT2D eigenvalue weighted by Gasteiger charge is -2.59. The van der Waals surface area contributed by atoms with Gasteiger partial charge in [-0.1, -0.05) is 18.5 Å². The fourth-order valence-corrected chi connectivity index (χ4v) is 10.1. The summed E-state index contributed by atoms with van der Waals surface area (Å²) in [6, 6.07) is 4.40. The van der Waals surface area contributed by atoms with Gasteiger partial charge in [0.05, 0.1) is 29.2 Å². The number of rotatable bonds is 7. The number of amides is 2. The van der Waals surface area contributed by atoms with Gasteiger partial charge in [0, 0.05) is 24.5 Å². The number of nitrogens with one attached hydrogen (secondary N) is 2. The van der Waals surface area contributed by atoms with Crippen molar-refractivity contribution in [2.75, 3.05) is 34.9 Å². The summed E-state index contributed by atoms with van der Waals surface area (Å²) < 4.78 is 50.8. The first-order valence-electron chi connectivity index (χ1n) is 12.8. The van der Waals surface area contributed by atoms with E-state index < -0.39 is 26.4 Å². The Hall–Kier alpha value is -1.77. The van der Waals surface area contributed by atoms with Crippen molar-refractivity contribution in [3.63, 3.8) is 0 Å². The molecule has 212 valence electrons. The molecule has 4 saturated carbocycles. The topological polar surface area (TPSA) is 165 Å². The van der Waals surface area contributed by atoms with Gasteiger partial charge in [-0.05, 0) is 84.9 Å². The van der Waals surface area contributed by atoms with Crippen molar-refractivity contribution in [1.82, 2.24) is 9.62 Å². The second-order valence-electron chi connectivity index (χ2n) is 11.7. The SMILES string of the molecule is CC1CN(CC(=O)NC2C3CC4CC2CC(C(N)=O)(C4)C3)S(O)(O)N(c2ccc(NS(C)(=O)=O)cc2Cl)C1. The van der Waals surface area contributed by atoms with Crippen LogP contribution < -0.4 is 20.1 Å². The van der Waals surface area contributed by atoms with Crippen molar-refractivity contribution in [3.8, 4) is 0 Å². The number of nitrogens with zero attached hydrogens (tertiary/aromatic N) is 2. The highest BCUT2D eigenvalue weighted by atomic mass is 35.5. The van der Waals surface area contributed by atoms with Gasteiger partial charge >= 0.3 is 0 Å². The first-order valence-corrected chi connectivity index (χ1v) is 16.6. The Morgan fingerprint density at radius 1 is 1.18 bits per heavy atom. The molecule has 1 saturated heterocycles. The molecule has 11 nitrogen and oxygen atoms in total. The molecule has 6 N–H and O–H groups in total. The van der Waals surface area contributed by atoms with Crippen LogP contribution in [0.5, 0.6) is 0 Å². The number of anilines is 2. The summed E-state index contributed by atoms with van der Waals surface area (Å²) in [5.74, 6) is 0.352. The first-order chi connectivity index (χ1) is 17.7. The summed E-state index contributed by atoms with van der Waals surface area (Å²) in [5, 5.41) is 3.31. The molecule has 1 heterocycles. The van der Waals surface area contributed by atoms with E-state index in [9.17, 15) is 27.1 Å². The maximum absolute atomic E-state index is 13.2. The van der Waals surface area contributed by atoms with Crippen LogP contribution >= 0.6 is 22.6 Å². The number of carbonyl (C=O) groups is 2. The molecule has 1 aromatic rings. The number of halogens is 1. The molecule has 4 aliphatic carbocycles. The molecule has 5 fully saturated rings. The van der Waals surface area contributed by atoms with Gasteiger partial charge in [-0.25, -0.2) is 8.42 Å². The summed E-state index contributed by atoms with van der Waals surface area (Å²) in [6.07, 6.45) is 5.23. The minimum Gasteiger partial charge on any atom is -0.369 e. The van der Waals surface area contributed by atoms with Crippen LogP contribution in [0.25, 0.3) is 0 Å². The summed E-state index contributed by atoms with van der Waals surface area (Å²) in [6.45, 7) is 2.35. The number of sulfonamides is 1. The molecule has 3 unspecified atom stereocenters. The number of primary amides is 1. The monoisotopic (exact) mass is 589 g/mol. The zero-order valence-electron chi connectivity index (χ0n) is 21.5. The van der Waals surface area contributed by atoms with Gasteiger partial charge in [-0.15, -0.1) is 0 Å². The Kier molecular flexibility index (Phi) is 7.09. The van der Waals surface area contributed by atoms with Crippen molar-refractivity contribution in [1.29, 1.82) is 0 Å². The molecular weight excluding hydrogens is 554 g/mol. The summed E-state index contributed by atoms with van der Waals surface area (Å²) in [7, 11) is -7.08. The van der Waals surface area contributed by atoms with E-state index in [-0.39, 0.29) is 52.9 Å².